The first kappa shape index (κ1) is 28.2. The smallest absolute Gasteiger partial charge is 0.263 e. The fourth-order valence-corrected chi connectivity index (χ4v) is 4.27. The van der Waals surface area contributed by atoms with Crippen molar-refractivity contribution in [1.29, 1.82) is 0 Å². The highest BCUT2D eigenvalue weighted by atomic mass is 16.5. The number of nitrogens with one attached hydrogen (secondary N) is 2. The molecule has 40 heavy (non-hydrogen) atoms. The van der Waals surface area contributed by atoms with Crippen molar-refractivity contribution in [3.8, 4) is 17.2 Å². The number of hydrogen-bond acceptors (Lipinski definition) is 5. The van der Waals surface area contributed by atoms with Gasteiger partial charge in [0.25, 0.3) is 11.8 Å². The minimum absolute atomic E-state index is 0.251. The highest BCUT2D eigenvalue weighted by Crippen LogP contribution is 2.23. The van der Waals surface area contributed by atoms with E-state index in [0.29, 0.717) is 24.3 Å². The van der Waals surface area contributed by atoms with Crippen LogP contribution in [0.5, 0.6) is 17.2 Å². The number of rotatable bonds is 11. The number of benzene rings is 4. The fourth-order valence-electron chi connectivity index (χ4n) is 4.27. The molecule has 2 N–H and O–H groups in total. The lowest BCUT2D eigenvalue weighted by atomic mass is 10.0. The SMILES string of the molecule is CCN(Nc1ccc(OC)cc1)C(=O)C(Cc1ccc(Oc2cccc(C)c2)cc1)NC(=O)c1cccc(C)c1. The quantitative estimate of drug-likeness (QED) is 0.219. The van der Waals surface area contributed by atoms with Gasteiger partial charge in [0.15, 0.2) is 0 Å². The number of hydrogen-bond donors (Lipinski definition) is 2. The molecule has 4 aromatic carbocycles. The predicted octanol–water partition coefficient (Wildman–Crippen LogP) is 6.32. The van der Waals surface area contributed by atoms with Gasteiger partial charge in [-0.25, -0.2) is 0 Å². The number of methoxy groups -OCH3 is 1. The van der Waals surface area contributed by atoms with Gasteiger partial charge in [0, 0.05) is 18.5 Å². The lowest BCUT2D eigenvalue weighted by molar-refractivity contribution is -0.131. The molecule has 0 bridgehead atoms. The van der Waals surface area contributed by atoms with Crippen LogP contribution >= 0.6 is 0 Å². The van der Waals surface area contributed by atoms with Crippen LogP contribution < -0.4 is 20.2 Å². The molecule has 0 aliphatic rings. The topological polar surface area (TPSA) is 79.9 Å². The first-order chi connectivity index (χ1) is 19.3. The van der Waals surface area contributed by atoms with Crippen molar-refractivity contribution in [3.63, 3.8) is 0 Å². The second kappa shape index (κ2) is 13.3. The van der Waals surface area contributed by atoms with Crippen molar-refractivity contribution < 1.29 is 19.1 Å². The fraction of sp³-hybridized carbons (Fsp3) is 0.212. The van der Waals surface area contributed by atoms with Gasteiger partial charge < -0.3 is 14.8 Å². The minimum Gasteiger partial charge on any atom is -0.497 e. The summed E-state index contributed by atoms with van der Waals surface area (Å²) in [6, 6.07) is 29.2. The van der Waals surface area contributed by atoms with Crippen LogP contribution in [0, 0.1) is 13.8 Å². The number of likely N-dealkylation sites (N-methyl/N-ethyl adjacent to an activating group) is 1. The molecular weight excluding hydrogens is 502 g/mol. The van der Waals surface area contributed by atoms with Crippen LogP contribution in [0.2, 0.25) is 0 Å². The molecule has 1 atom stereocenters. The minimum atomic E-state index is -0.803. The maximum absolute atomic E-state index is 13.8. The number of nitrogens with zero attached hydrogens (tertiary/aromatic N) is 1. The van der Waals surface area contributed by atoms with Crippen molar-refractivity contribution in [2.24, 2.45) is 0 Å². The third-order valence-electron chi connectivity index (χ3n) is 6.41. The molecule has 4 aromatic rings. The summed E-state index contributed by atoms with van der Waals surface area (Å²) in [5.74, 6) is 1.62. The lowest BCUT2D eigenvalue weighted by Gasteiger charge is -2.28. The Bertz CT molecular complexity index is 1440. The Morgan fingerprint density at radius 1 is 0.800 bits per heavy atom. The van der Waals surface area contributed by atoms with Gasteiger partial charge in [-0.05, 0) is 92.6 Å². The Labute approximate surface area is 235 Å². The molecule has 206 valence electrons. The molecule has 7 nitrogen and oxygen atoms in total. The Balaban J connectivity index is 1.53. The number of hydrazine groups is 1. The van der Waals surface area contributed by atoms with Gasteiger partial charge in [0.2, 0.25) is 0 Å². The van der Waals surface area contributed by atoms with Crippen molar-refractivity contribution in [2.45, 2.75) is 33.2 Å². The summed E-state index contributed by atoms with van der Waals surface area (Å²) in [5.41, 5.74) is 7.38. The van der Waals surface area contributed by atoms with E-state index in [1.54, 1.807) is 13.2 Å². The second-order valence-corrected chi connectivity index (χ2v) is 9.58. The number of carbonyl (C=O) groups is 2. The molecule has 0 radical (unpaired) electrons. The summed E-state index contributed by atoms with van der Waals surface area (Å²) in [4.78, 5) is 27.0. The van der Waals surface area contributed by atoms with E-state index in [9.17, 15) is 9.59 Å². The van der Waals surface area contributed by atoms with Gasteiger partial charge in [-0.3, -0.25) is 20.0 Å². The third kappa shape index (κ3) is 7.63. The number of amides is 2. The van der Waals surface area contributed by atoms with Crippen LogP contribution in [0.1, 0.15) is 34.0 Å². The molecule has 0 aliphatic heterocycles. The van der Waals surface area contributed by atoms with Crippen molar-refractivity contribution >= 4 is 17.5 Å². The van der Waals surface area contributed by atoms with E-state index in [2.05, 4.69) is 10.7 Å². The number of anilines is 1. The molecule has 0 aromatic heterocycles. The largest absolute Gasteiger partial charge is 0.497 e. The molecule has 0 saturated carbocycles. The van der Waals surface area contributed by atoms with E-state index < -0.39 is 6.04 Å². The van der Waals surface area contributed by atoms with Crippen molar-refractivity contribution in [2.75, 3.05) is 19.1 Å². The van der Waals surface area contributed by atoms with E-state index in [-0.39, 0.29) is 11.8 Å². The highest BCUT2D eigenvalue weighted by Gasteiger charge is 2.26. The van der Waals surface area contributed by atoms with Crippen molar-refractivity contribution in [3.05, 3.63) is 119 Å². The van der Waals surface area contributed by atoms with Crippen LogP contribution in [-0.4, -0.2) is 36.5 Å². The van der Waals surface area contributed by atoms with Gasteiger partial charge in [0.05, 0.1) is 12.8 Å². The van der Waals surface area contributed by atoms with Gasteiger partial charge in [0.1, 0.15) is 23.3 Å². The first-order valence-electron chi connectivity index (χ1n) is 13.3. The molecule has 0 saturated heterocycles. The predicted molar refractivity (Wildman–Crippen MR) is 158 cm³/mol. The maximum atomic E-state index is 13.8. The van der Waals surface area contributed by atoms with Gasteiger partial charge in [-0.1, -0.05) is 42.0 Å². The average Bonchev–Trinajstić information content (AvgIpc) is 2.96. The van der Waals surface area contributed by atoms with E-state index in [4.69, 9.17) is 9.47 Å². The van der Waals surface area contributed by atoms with Crippen molar-refractivity contribution in [1.82, 2.24) is 10.3 Å². The van der Waals surface area contributed by atoms with Crippen LogP contribution in [0.3, 0.4) is 0 Å². The summed E-state index contributed by atoms with van der Waals surface area (Å²) in [7, 11) is 1.60. The van der Waals surface area contributed by atoms with Gasteiger partial charge >= 0.3 is 0 Å². The van der Waals surface area contributed by atoms with Crippen LogP contribution in [0.25, 0.3) is 0 Å². The number of ether oxygens (including phenoxy) is 2. The summed E-state index contributed by atoms with van der Waals surface area (Å²) in [6.07, 6.45) is 0.307. The standard InChI is InChI=1S/C33H35N3O4/c1-5-36(35-27-14-18-28(39-4)19-15-27)33(38)31(34-32(37)26-10-6-8-23(2)20-26)22-25-12-16-29(17-13-25)40-30-11-7-9-24(3)21-30/h6-21,31,35H,5,22H2,1-4H3,(H,34,37). The van der Waals surface area contributed by atoms with Gasteiger partial charge in [-0.15, -0.1) is 0 Å². The van der Waals surface area contributed by atoms with E-state index in [1.165, 1.54) is 5.01 Å². The third-order valence-corrected chi connectivity index (χ3v) is 6.41. The van der Waals surface area contributed by atoms with Crippen LogP contribution in [0.15, 0.2) is 97.1 Å². The van der Waals surface area contributed by atoms with E-state index in [0.717, 1.165) is 33.9 Å². The molecule has 1 unspecified atom stereocenters. The zero-order valence-corrected chi connectivity index (χ0v) is 23.3. The molecule has 0 spiro atoms. The molecule has 7 heteroatoms. The summed E-state index contributed by atoms with van der Waals surface area (Å²) in [5, 5.41) is 4.48. The molecule has 2 amide bonds. The molecule has 0 heterocycles. The summed E-state index contributed by atoms with van der Waals surface area (Å²) >= 11 is 0. The zero-order valence-electron chi connectivity index (χ0n) is 23.3. The zero-order chi connectivity index (χ0) is 28.5. The average molecular weight is 538 g/mol. The molecule has 0 aliphatic carbocycles. The summed E-state index contributed by atoms with van der Waals surface area (Å²) in [6.45, 7) is 6.22. The Morgan fingerprint density at radius 2 is 1.45 bits per heavy atom. The van der Waals surface area contributed by atoms with Crippen LogP contribution in [-0.2, 0) is 11.2 Å². The first-order valence-corrected chi connectivity index (χ1v) is 13.3. The normalized spacial score (nSPS) is 11.3. The highest BCUT2D eigenvalue weighted by molar-refractivity contribution is 5.98. The lowest BCUT2D eigenvalue weighted by Crippen LogP contribution is -2.51. The Hall–Kier alpha value is -4.78. The summed E-state index contributed by atoms with van der Waals surface area (Å²) < 4.78 is 11.2. The molecule has 0 fully saturated rings. The molecular formula is C33H35N3O4. The number of aryl methyl sites for hydroxylation is 2. The molecule has 4 rings (SSSR count). The monoisotopic (exact) mass is 537 g/mol. The van der Waals surface area contributed by atoms with E-state index >= 15 is 0 Å². The Morgan fingerprint density at radius 3 is 2.08 bits per heavy atom. The van der Waals surface area contributed by atoms with Crippen LogP contribution in [0.4, 0.5) is 5.69 Å². The maximum Gasteiger partial charge on any atom is 0.263 e. The Kier molecular flexibility index (Phi) is 9.41. The second-order valence-electron chi connectivity index (χ2n) is 9.58. The number of carbonyl (C=O) groups excluding carboxylic acids is 2. The van der Waals surface area contributed by atoms with E-state index in [1.807, 2.05) is 112 Å². The van der Waals surface area contributed by atoms with Gasteiger partial charge in [-0.2, -0.15) is 0 Å².